The number of hydrogen-bond acceptors (Lipinski definition) is 3. The molecule has 4 nitrogen and oxygen atoms in total. The van der Waals surface area contributed by atoms with E-state index in [2.05, 4.69) is 29.0 Å². The Morgan fingerprint density at radius 2 is 2.06 bits per heavy atom. The van der Waals surface area contributed by atoms with Crippen LogP contribution in [0.25, 0.3) is 0 Å². The number of rotatable bonds is 3. The van der Waals surface area contributed by atoms with E-state index in [0.29, 0.717) is 12.0 Å². The van der Waals surface area contributed by atoms with Gasteiger partial charge in [0.25, 0.3) is 0 Å². The van der Waals surface area contributed by atoms with Crippen molar-refractivity contribution in [3.05, 3.63) is 0 Å². The lowest BCUT2D eigenvalue weighted by Crippen LogP contribution is -2.46. The molecule has 2 rings (SSSR count). The van der Waals surface area contributed by atoms with Crippen molar-refractivity contribution >= 4 is 17.3 Å². The molecule has 2 heterocycles. The van der Waals surface area contributed by atoms with Gasteiger partial charge in [0, 0.05) is 38.8 Å². The molecule has 1 unspecified atom stereocenters. The van der Waals surface area contributed by atoms with E-state index in [-0.39, 0.29) is 0 Å². The van der Waals surface area contributed by atoms with Crippen LogP contribution < -0.4 is 5.32 Å². The highest BCUT2D eigenvalue weighted by Crippen LogP contribution is 2.17. The number of morpholine rings is 1. The lowest BCUT2D eigenvalue weighted by atomic mass is 10.2. The van der Waals surface area contributed by atoms with Crippen molar-refractivity contribution < 1.29 is 4.74 Å². The van der Waals surface area contributed by atoms with Crippen LogP contribution in [0.15, 0.2) is 0 Å². The zero-order chi connectivity index (χ0) is 13.0. The molecule has 0 spiro atoms. The van der Waals surface area contributed by atoms with Crippen molar-refractivity contribution in [2.24, 2.45) is 5.92 Å². The van der Waals surface area contributed by atoms with Crippen molar-refractivity contribution in [3.8, 4) is 0 Å². The Labute approximate surface area is 116 Å². The van der Waals surface area contributed by atoms with Gasteiger partial charge in [0.05, 0.1) is 13.2 Å². The maximum Gasteiger partial charge on any atom is 0.168 e. The van der Waals surface area contributed by atoms with Crippen molar-refractivity contribution in [2.45, 2.75) is 26.3 Å². The van der Waals surface area contributed by atoms with E-state index in [4.69, 9.17) is 17.0 Å². The Morgan fingerprint density at radius 3 is 2.72 bits per heavy atom. The monoisotopic (exact) mass is 271 g/mol. The number of thiocarbonyl (C=S) groups is 1. The molecule has 0 radical (unpaired) electrons. The summed E-state index contributed by atoms with van der Waals surface area (Å²) in [6.07, 6.45) is 1.23. The molecule has 2 aliphatic rings. The molecule has 2 aliphatic heterocycles. The smallest absolute Gasteiger partial charge is 0.168 e. The van der Waals surface area contributed by atoms with Crippen LogP contribution in [0.2, 0.25) is 0 Å². The molecule has 104 valence electrons. The summed E-state index contributed by atoms with van der Waals surface area (Å²) in [5.41, 5.74) is 0. The third-order valence-corrected chi connectivity index (χ3v) is 4.08. The molecule has 0 aromatic heterocycles. The standard InChI is InChI=1S/C13H25N3OS/c1-11(2)9-14-13(18)16-4-3-12(10-16)15-5-7-17-8-6-15/h11-12H,3-10H2,1-2H3,(H,14,18). The van der Waals surface area contributed by atoms with Crippen molar-refractivity contribution in [2.75, 3.05) is 45.9 Å². The molecule has 2 saturated heterocycles. The molecule has 18 heavy (non-hydrogen) atoms. The van der Waals surface area contributed by atoms with E-state index in [1.165, 1.54) is 6.42 Å². The zero-order valence-electron chi connectivity index (χ0n) is 11.5. The molecular formula is C13H25N3OS. The Balaban J connectivity index is 1.75. The quantitative estimate of drug-likeness (QED) is 0.771. The average molecular weight is 271 g/mol. The first kappa shape index (κ1) is 14.0. The van der Waals surface area contributed by atoms with E-state index in [0.717, 1.165) is 51.0 Å². The second kappa shape index (κ2) is 6.68. The van der Waals surface area contributed by atoms with E-state index < -0.39 is 0 Å². The molecule has 0 aromatic rings. The molecule has 1 N–H and O–H groups in total. The summed E-state index contributed by atoms with van der Waals surface area (Å²) < 4.78 is 5.41. The fourth-order valence-corrected chi connectivity index (χ4v) is 2.82. The summed E-state index contributed by atoms with van der Waals surface area (Å²) >= 11 is 5.46. The number of ether oxygens (including phenoxy) is 1. The first-order valence-corrected chi connectivity index (χ1v) is 7.42. The Hall–Kier alpha value is -0.390. The molecule has 0 amide bonds. The van der Waals surface area contributed by atoms with Gasteiger partial charge in [-0.1, -0.05) is 13.8 Å². The van der Waals surface area contributed by atoms with Crippen LogP contribution in [0.5, 0.6) is 0 Å². The number of hydrogen-bond donors (Lipinski definition) is 1. The minimum absolute atomic E-state index is 0.639. The predicted molar refractivity (Wildman–Crippen MR) is 77.8 cm³/mol. The maximum atomic E-state index is 5.46. The molecule has 0 bridgehead atoms. The van der Waals surface area contributed by atoms with Gasteiger partial charge in [-0.2, -0.15) is 0 Å². The molecular weight excluding hydrogens is 246 g/mol. The minimum Gasteiger partial charge on any atom is -0.379 e. The van der Waals surface area contributed by atoms with Gasteiger partial charge in [0.2, 0.25) is 0 Å². The van der Waals surface area contributed by atoms with Crippen LogP contribution in [0.4, 0.5) is 0 Å². The van der Waals surface area contributed by atoms with Crippen LogP contribution in [0, 0.1) is 5.92 Å². The Morgan fingerprint density at radius 1 is 1.33 bits per heavy atom. The van der Waals surface area contributed by atoms with Gasteiger partial charge < -0.3 is 15.0 Å². The fraction of sp³-hybridized carbons (Fsp3) is 0.923. The summed E-state index contributed by atoms with van der Waals surface area (Å²) in [5, 5.41) is 4.29. The third-order valence-electron chi connectivity index (χ3n) is 3.67. The predicted octanol–water partition coefficient (Wildman–Crippen LogP) is 0.923. The van der Waals surface area contributed by atoms with E-state index >= 15 is 0 Å². The lowest BCUT2D eigenvalue weighted by Gasteiger charge is -2.32. The molecule has 0 aliphatic carbocycles. The highest BCUT2D eigenvalue weighted by molar-refractivity contribution is 7.80. The molecule has 0 saturated carbocycles. The van der Waals surface area contributed by atoms with Gasteiger partial charge in [-0.3, -0.25) is 4.90 Å². The Kier molecular flexibility index (Phi) is 5.21. The van der Waals surface area contributed by atoms with Gasteiger partial charge in [-0.15, -0.1) is 0 Å². The summed E-state index contributed by atoms with van der Waals surface area (Å²) in [4.78, 5) is 4.87. The second-order valence-corrected chi connectivity index (χ2v) is 6.00. The van der Waals surface area contributed by atoms with Crippen LogP contribution in [-0.2, 0) is 4.74 Å². The zero-order valence-corrected chi connectivity index (χ0v) is 12.3. The summed E-state index contributed by atoms with van der Waals surface area (Å²) in [7, 11) is 0. The highest BCUT2D eigenvalue weighted by atomic mass is 32.1. The summed E-state index contributed by atoms with van der Waals surface area (Å²) in [6.45, 7) is 11.5. The first-order chi connectivity index (χ1) is 8.66. The van der Waals surface area contributed by atoms with Gasteiger partial charge in [-0.25, -0.2) is 0 Å². The third kappa shape index (κ3) is 3.80. The first-order valence-electron chi connectivity index (χ1n) is 7.01. The molecule has 0 aromatic carbocycles. The molecule has 2 fully saturated rings. The topological polar surface area (TPSA) is 27.7 Å². The normalized spacial score (nSPS) is 25.7. The van der Waals surface area contributed by atoms with Crippen molar-refractivity contribution in [1.82, 2.24) is 15.1 Å². The number of nitrogens with one attached hydrogen (secondary N) is 1. The maximum absolute atomic E-state index is 5.46. The largest absolute Gasteiger partial charge is 0.379 e. The van der Waals surface area contributed by atoms with Crippen LogP contribution in [-0.4, -0.2) is 66.9 Å². The van der Waals surface area contributed by atoms with Crippen LogP contribution in [0.1, 0.15) is 20.3 Å². The molecule has 1 atom stereocenters. The van der Waals surface area contributed by atoms with Crippen molar-refractivity contribution in [1.29, 1.82) is 0 Å². The SMILES string of the molecule is CC(C)CNC(=S)N1CCC(N2CCOCC2)C1. The Bertz CT molecular complexity index is 279. The van der Waals surface area contributed by atoms with E-state index in [1.54, 1.807) is 0 Å². The second-order valence-electron chi connectivity index (χ2n) is 5.62. The van der Waals surface area contributed by atoms with Gasteiger partial charge in [0.1, 0.15) is 0 Å². The minimum atomic E-state index is 0.639. The van der Waals surface area contributed by atoms with E-state index in [9.17, 15) is 0 Å². The van der Waals surface area contributed by atoms with Crippen molar-refractivity contribution in [3.63, 3.8) is 0 Å². The summed E-state index contributed by atoms with van der Waals surface area (Å²) in [5.74, 6) is 0.639. The average Bonchev–Trinajstić information content (AvgIpc) is 2.86. The number of likely N-dealkylation sites (tertiary alicyclic amines) is 1. The lowest BCUT2D eigenvalue weighted by molar-refractivity contribution is 0.0195. The number of nitrogens with zero attached hydrogens (tertiary/aromatic N) is 2. The van der Waals surface area contributed by atoms with Gasteiger partial charge >= 0.3 is 0 Å². The highest BCUT2D eigenvalue weighted by Gasteiger charge is 2.29. The van der Waals surface area contributed by atoms with E-state index in [1.807, 2.05) is 0 Å². The summed E-state index contributed by atoms with van der Waals surface area (Å²) in [6, 6.07) is 0.660. The van der Waals surface area contributed by atoms with Crippen LogP contribution >= 0.6 is 12.2 Å². The fourth-order valence-electron chi connectivity index (χ4n) is 2.57. The van der Waals surface area contributed by atoms with Gasteiger partial charge in [0.15, 0.2) is 5.11 Å². The van der Waals surface area contributed by atoms with Crippen LogP contribution in [0.3, 0.4) is 0 Å². The van der Waals surface area contributed by atoms with Gasteiger partial charge in [-0.05, 0) is 24.6 Å². The molecule has 5 heteroatoms.